The second-order valence-electron chi connectivity index (χ2n) is 5.32. The quantitative estimate of drug-likeness (QED) is 0.799. The van der Waals surface area contributed by atoms with Crippen molar-refractivity contribution in [3.05, 3.63) is 60.0 Å². The highest BCUT2D eigenvalue weighted by Crippen LogP contribution is 2.15. The fourth-order valence-electron chi connectivity index (χ4n) is 2.26. The number of aromatic nitrogens is 2. The van der Waals surface area contributed by atoms with Crippen molar-refractivity contribution in [2.45, 2.75) is 11.8 Å². The average Bonchev–Trinajstić information content (AvgIpc) is 2.86. The van der Waals surface area contributed by atoms with Crippen molar-refractivity contribution < 1.29 is 13.2 Å². The van der Waals surface area contributed by atoms with Gasteiger partial charge < -0.3 is 9.72 Å². The van der Waals surface area contributed by atoms with E-state index in [-0.39, 0.29) is 16.4 Å². The van der Waals surface area contributed by atoms with Crippen LogP contribution in [0.1, 0.15) is 16.1 Å². The van der Waals surface area contributed by atoms with Gasteiger partial charge in [-0.25, -0.2) is 13.4 Å². The van der Waals surface area contributed by atoms with Gasteiger partial charge in [-0.2, -0.15) is 0 Å². The first kappa shape index (κ1) is 15.2. The number of rotatable bonds is 3. The van der Waals surface area contributed by atoms with Gasteiger partial charge in [-0.3, -0.25) is 4.79 Å². The van der Waals surface area contributed by atoms with Crippen molar-refractivity contribution in [2.24, 2.45) is 0 Å². The van der Waals surface area contributed by atoms with E-state index in [0.29, 0.717) is 5.69 Å². The molecule has 1 N–H and O–H groups in total. The minimum atomic E-state index is -3.35. The summed E-state index contributed by atoms with van der Waals surface area (Å²) < 4.78 is 25.0. The fourth-order valence-corrected chi connectivity index (χ4v) is 2.93. The lowest BCUT2D eigenvalue weighted by atomic mass is 10.2. The second kappa shape index (κ2) is 5.51. The Kier molecular flexibility index (Phi) is 3.65. The summed E-state index contributed by atoms with van der Waals surface area (Å²) in [7, 11) is -3.35. The number of anilines is 1. The molecule has 2 aromatic heterocycles. The number of sulfone groups is 1. The Balaban J connectivity index is 1.88. The lowest BCUT2D eigenvalue weighted by molar-refractivity contribution is 0.102. The zero-order chi connectivity index (χ0) is 16.6. The van der Waals surface area contributed by atoms with Crippen LogP contribution in [0.15, 0.2) is 53.7 Å². The van der Waals surface area contributed by atoms with Gasteiger partial charge in [-0.05, 0) is 37.3 Å². The summed E-state index contributed by atoms with van der Waals surface area (Å²) in [6.07, 6.45) is 4.72. The summed E-state index contributed by atoms with van der Waals surface area (Å²) in [6.45, 7) is 1.89. The van der Waals surface area contributed by atoms with Crippen LogP contribution in [-0.2, 0) is 9.84 Å². The van der Waals surface area contributed by atoms with Crippen molar-refractivity contribution in [2.75, 3.05) is 11.6 Å². The van der Waals surface area contributed by atoms with Crippen molar-refractivity contribution in [1.29, 1.82) is 0 Å². The van der Waals surface area contributed by atoms with Crippen LogP contribution in [0.3, 0.4) is 0 Å². The average molecular weight is 329 g/mol. The first-order valence-electron chi connectivity index (χ1n) is 6.90. The minimum Gasteiger partial charge on any atom is -0.321 e. The van der Waals surface area contributed by atoms with Crippen LogP contribution in [0.2, 0.25) is 0 Å². The lowest BCUT2D eigenvalue weighted by Gasteiger charge is -2.07. The van der Waals surface area contributed by atoms with Crippen molar-refractivity contribution in [3.63, 3.8) is 0 Å². The normalized spacial score (nSPS) is 11.6. The van der Waals surface area contributed by atoms with E-state index in [1.54, 1.807) is 30.5 Å². The molecule has 3 aromatic rings. The molecule has 0 aliphatic rings. The van der Waals surface area contributed by atoms with Gasteiger partial charge in [0, 0.05) is 24.2 Å². The number of hydrogen-bond donors (Lipinski definition) is 1. The first-order chi connectivity index (χ1) is 10.8. The first-order valence-corrected chi connectivity index (χ1v) is 8.79. The number of imidazole rings is 1. The highest BCUT2D eigenvalue weighted by atomic mass is 32.2. The third kappa shape index (κ3) is 3.24. The van der Waals surface area contributed by atoms with Crippen LogP contribution >= 0.6 is 0 Å². The van der Waals surface area contributed by atoms with E-state index < -0.39 is 9.84 Å². The molecule has 6 nitrogen and oxygen atoms in total. The number of benzene rings is 1. The molecule has 0 spiro atoms. The molecule has 0 saturated heterocycles. The molecule has 1 aromatic carbocycles. The van der Waals surface area contributed by atoms with Gasteiger partial charge >= 0.3 is 0 Å². The molecule has 0 atom stereocenters. The molecule has 23 heavy (non-hydrogen) atoms. The predicted molar refractivity (Wildman–Crippen MR) is 87.4 cm³/mol. The Morgan fingerprint density at radius 2 is 1.96 bits per heavy atom. The highest BCUT2D eigenvalue weighted by Gasteiger charge is 2.12. The topological polar surface area (TPSA) is 80.5 Å². The number of nitrogens with one attached hydrogen (secondary N) is 1. The predicted octanol–water partition coefficient (Wildman–Crippen LogP) is 2.30. The molecule has 1 amide bonds. The molecule has 0 unspecified atom stereocenters. The lowest BCUT2D eigenvalue weighted by Crippen LogP contribution is -2.13. The molecular formula is C16H15N3O3S. The molecule has 0 fully saturated rings. The van der Waals surface area contributed by atoms with Crippen LogP contribution in [0.4, 0.5) is 5.69 Å². The molecule has 0 aliphatic heterocycles. The highest BCUT2D eigenvalue weighted by molar-refractivity contribution is 7.90. The largest absolute Gasteiger partial charge is 0.321 e. The monoisotopic (exact) mass is 329 g/mol. The van der Waals surface area contributed by atoms with Gasteiger partial charge in [0.1, 0.15) is 5.65 Å². The number of carbonyl (C=O) groups is 1. The van der Waals surface area contributed by atoms with E-state index in [9.17, 15) is 13.2 Å². The van der Waals surface area contributed by atoms with Gasteiger partial charge in [0.05, 0.1) is 16.3 Å². The minimum absolute atomic E-state index is 0.117. The molecule has 2 heterocycles. The molecule has 0 bridgehead atoms. The molecule has 7 heteroatoms. The molecule has 3 rings (SSSR count). The van der Waals surface area contributed by atoms with Crippen molar-refractivity contribution in [3.8, 4) is 0 Å². The van der Waals surface area contributed by atoms with Crippen LogP contribution < -0.4 is 5.32 Å². The van der Waals surface area contributed by atoms with Gasteiger partial charge in [-0.15, -0.1) is 0 Å². The number of pyridine rings is 1. The Morgan fingerprint density at radius 3 is 2.70 bits per heavy atom. The van der Waals surface area contributed by atoms with Crippen molar-refractivity contribution >= 4 is 27.1 Å². The summed E-state index contributed by atoms with van der Waals surface area (Å²) in [5.41, 5.74) is 2.56. The van der Waals surface area contributed by atoms with Crippen LogP contribution in [-0.4, -0.2) is 30.0 Å². The maximum Gasteiger partial charge on any atom is 0.255 e. The molecule has 118 valence electrons. The number of amides is 1. The van der Waals surface area contributed by atoms with Gasteiger partial charge in [0.15, 0.2) is 9.84 Å². The Morgan fingerprint density at radius 1 is 1.17 bits per heavy atom. The number of aryl methyl sites for hydroxylation is 1. The van der Waals surface area contributed by atoms with Crippen LogP contribution in [0.25, 0.3) is 5.65 Å². The maximum absolute atomic E-state index is 12.3. The van der Waals surface area contributed by atoms with E-state index in [2.05, 4.69) is 10.3 Å². The summed E-state index contributed by atoms with van der Waals surface area (Å²) in [4.78, 5) is 16.7. The zero-order valence-corrected chi connectivity index (χ0v) is 13.5. The standard InChI is InChI=1S/C16H15N3O3S/c1-11-9-19-10-13(6-7-15(19)17-11)18-16(20)12-4-3-5-14(8-12)23(2,21)22/h3-10H,1-2H3,(H,18,20). The maximum atomic E-state index is 12.3. The summed E-state index contributed by atoms with van der Waals surface area (Å²) >= 11 is 0. The zero-order valence-electron chi connectivity index (χ0n) is 12.6. The van der Waals surface area contributed by atoms with Crippen molar-refractivity contribution in [1.82, 2.24) is 9.38 Å². The molecule has 0 aliphatic carbocycles. The van der Waals surface area contributed by atoms with E-state index >= 15 is 0 Å². The van der Waals surface area contributed by atoms with E-state index in [1.165, 1.54) is 12.1 Å². The van der Waals surface area contributed by atoms with Gasteiger partial charge in [0.25, 0.3) is 5.91 Å². The number of carbonyl (C=O) groups excluding carboxylic acids is 1. The summed E-state index contributed by atoms with van der Waals surface area (Å²) in [5.74, 6) is -0.369. The third-order valence-electron chi connectivity index (χ3n) is 3.35. The van der Waals surface area contributed by atoms with E-state index in [0.717, 1.165) is 17.6 Å². The summed E-state index contributed by atoms with van der Waals surface area (Å²) in [5, 5.41) is 2.76. The SMILES string of the molecule is Cc1cn2cc(NC(=O)c3cccc(S(C)(=O)=O)c3)ccc2n1. The molecule has 0 saturated carbocycles. The summed E-state index contributed by atoms with van der Waals surface area (Å²) in [6, 6.07) is 9.50. The fraction of sp³-hybridized carbons (Fsp3) is 0.125. The Bertz CT molecular complexity index is 1010. The smallest absolute Gasteiger partial charge is 0.255 e. The number of nitrogens with zero attached hydrogens (tertiary/aromatic N) is 2. The Hall–Kier alpha value is -2.67. The molecular weight excluding hydrogens is 314 g/mol. The second-order valence-corrected chi connectivity index (χ2v) is 7.34. The van der Waals surface area contributed by atoms with Gasteiger partial charge in [-0.1, -0.05) is 6.07 Å². The molecule has 0 radical (unpaired) electrons. The Labute approximate surface area is 133 Å². The number of hydrogen-bond acceptors (Lipinski definition) is 4. The van der Waals surface area contributed by atoms with Crippen LogP contribution in [0, 0.1) is 6.92 Å². The number of fused-ring (bicyclic) bond motifs is 1. The van der Waals surface area contributed by atoms with Crippen LogP contribution in [0.5, 0.6) is 0 Å². The van der Waals surface area contributed by atoms with E-state index in [4.69, 9.17) is 0 Å². The van der Waals surface area contributed by atoms with E-state index in [1.807, 2.05) is 17.5 Å². The van der Waals surface area contributed by atoms with Gasteiger partial charge in [0.2, 0.25) is 0 Å². The third-order valence-corrected chi connectivity index (χ3v) is 4.46.